The SMILES string of the molecule is COc1ccc(C=CC(=O)O)cc1-c1sc2c(c1C)C(C)(C)CCC2(C)C. The highest BCUT2D eigenvalue weighted by Gasteiger charge is 2.41. The van der Waals surface area contributed by atoms with E-state index in [9.17, 15) is 4.79 Å². The molecule has 2 aromatic rings. The van der Waals surface area contributed by atoms with Crippen molar-refractivity contribution in [1.82, 2.24) is 0 Å². The highest BCUT2D eigenvalue weighted by atomic mass is 32.1. The average Bonchev–Trinajstić information content (AvgIpc) is 2.96. The molecule has 1 aromatic carbocycles. The largest absolute Gasteiger partial charge is 0.496 e. The van der Waals surface area contributed by atoms with Gasteiger partial charge in [0.05, 0.1) is 7.11 Å². The first kappa shape index (κ1) is 19.7. The predicted molar refractivity (Wildman–Crippen MR) is 113 cm³/mol. The summed E-state index contributed by atoms with van der Waals surface area (Å²) in [7, 11) is 1.68. The van der Waals surface area contributed by atoms with Gasteiger partial charge in [0.2, 0.25) is 0 Å². The summed E-state index contributed by atoms with van der Waals surface area (Å²) < 4.78 is 5.64. The quantitative estimate of drug-likeness (QED) is 0.640. The lowest BCUT2D eigenvalue weighted by molar-refractivity contribution is -0.131. The zero-order valence-electron chi connectivity index (χ0n) is 17.0. The smallest absolute Gasteiger partial charge is 0.328 e. The summed E-state index contributed by atoms with van der Waals surface area (Å²) >= 11 is 1.87. The summed E-state index contributed by atoms with van der Waals surface area (Å²) in [4.78, 5) is 13.6. The molecule has 0 saturated carbocycles. The van der Waals surface area contributed by atoms with E-state index >= 15 is 0 Å². The van der Waals surface area contributed by atoms with Gasteiger partial charge in [-0.3, -0.25) is 0 Å². The van der Waals surface area contributed by atoms with Crippen LogP contribution in [0.3, 0.4) is 0 Å². The number of hydrogen-bond donors (Lipinski definition) is 1. The third-order valence-corrected chi connectivity index (χ3v) is 7.39. The minimum Gasteiger partial charge on any atom is -0.496 e. The van der Waals surface area contributed by atoms with Crippen molar-refractivity contribution in [3.8, 4) is 16.2 Å². The van der Waals surface area contributed by atoms with Crippen LogP contribution in [0.4, 0.5) is 0 Å². The molecule has 1 aliphatic carbocycles. The molecule has 3 rings (SSSR count). The first-order valence-electron chi connectivity index (χ1n) is 9.30. The van der Waals surface area contributed by atoms with Gasteiger partial charge in [-0.2, -0.15) is 0 Å². The Balaban J connectivity index is 2.22. The van der Waals surface area contributed by atoms with Gasteiger partial charge in [-0.05, 0) is 65.5 Å². The van der Waals surface area contributed by atoms with Crippen molar-refractivity contribution in [3.63, 3.8) is 0 Å². The van der Waals surface area contributed by atoms with Crippen LogP contribution in [0, 0.1) is 6.92 Å². The molecule has 1 aromatic heterocycles. The number of hydrogen-bond acceptors (Lipinski definition) is 3. The third-order valence-electron chi connectivity index (χ3n) is 5.70. The molecule has 0 fully saturated rings. The van der Waals surface area contributed by atoms with Crippen LogP contribution < -0.4 is 4.74 Å². The van der Waals surface area contributed by atoms with Crippen LogP contribution in [-0.2, 0) is 15.6 Å². The van der Waals surface area contributed by atoms with E-state index in [4.69, 9.17) is 9.84 Å². The molecule has 0 amide bonds. The van der Waals surface area contributed by atoms with Crippen molar-refractivity contribution < 1.29 is 14.6 Å². The maximum Gasteiger partial charge on any atom is 0.328 e. The molecule has 0 saturated heterocycles. The highest BCUT2D eigenvalue weighted by molar-refractivity contribution is 7.16. The Morgan fingerprint density at radius 2 is 1.85 bits per heavy atom. The molecule has 0 unspecified atom stereocenters. The van der Waals surface area contributed by atoms with Crippen molar-refractivity contribution in [1.29, 1.82) is 0 Å². The number of carbonyl (C=O) groups is 1. The maximum absolute atomic E-state index is 10.9. The van der Waals surface area contributed by atoms with Gasteiger partial charge in [0, 0.05) is 21.4 Å². The second-order valence-electron chi connectivity index (χ2n) is 8.66. The fourth-order valence-corrected chi connectivity index (χ4v) is 5.74. The Hall–Kier alpha value is -2.07. The number of carboxylic acid groups (broad SMARTS) is 1. The molecule has 4 heteroatoms. The lowest BCUT2D eigenvalue weighted by Gasteiger charge is -2.39. The van der Waals surface area contributed by atoms with Gasteiger partial charge in [0.25, 0.3) is 0 Å². The fraction of sp³-hybridized carbons (Fsp3) is 0.435. The van der Waals surface area contributed by atoms with E-state index in [1.807, 2.05) is 29.5 Å². The first-order valence-corrected chi connectivity index (χ1v) is 10.1. The van der Waals surface area contributed by atoms with Crippen LogP contribution in [0.15, 0.2) is 24.3 Å². The van der Waals surface area contributed by atoms with E-state index in [0.717, 1.165) is 16.9 Å². The minimum absolute atomic E-state index is 0.164. The lowest BCUT2D eigenvalue weighted by Crippen LogP contribution is -2.32. The number of rotatable bonds is 4. The number of aliphatic carboxylic acids is 1. The fourth-order valence-electron chi connectivity index (χ4n) is 4.10. The molecule has 1 heterocycles. The molecule has 0 bridgehead atoms. The van der Waals surface area contributed by atoms with Crippen molar-refractivity contribution in [2.24, 2.45) is 0 Å². The normalized spacial score (nSPS) is 17.7. The van der Waals surface area contributed by atoms with Gasteiger partial charge in [0.15, 0.2) is 0 Å². The molecule has 0 radical (unpaired) electrons. The molecular weight excluding hydrogens is 356 g/mol. The minimum atomic E-state index is -0.946. The van der Waals surface area contributed by atoms with E-state index < -0.39 is 5.97 Å². The molecule has 1 N–H and O–H groups in total. The molecule has 0 spiro atoms. The number of thiophene rings is 1. The molecule has 0 aliphatic heterocycles. The predicted octanol–water partition coefficient (Wildman–Crippen LogP) is 6.18. The van der Waals surface area contributed by atoms with Crippen LogP contribution >= 0.6 is 11.3 Å². The number of carboxylic acids is 1. The third kappa shape index (κ3) is 3.55. The van der Waals surface area contributed by atoms with E-state index in [1.165, 1.54) is 39.8 Å². The molecule has 1 aliphatic rings. The van der Waals surface area contributed by atoms with E-state index in [0.29, 0.717) is 0 Å². The number of fused-ring (bicyclic) bond motifs is 1. The Labute approximate surface area is 165 Å². The summed E-state index contributed by atoms with van der Waals surface area (Å²) in [5.41, 5.74) is 5.04. The Morgan fingerprint density at radius 1 is 1.19 bits per heavy atom. The van der Waals surface area contributed by atoms with Gasteiger partial charge < -0.3 is 9.84 Å². The van der Waals surface area contributed by atoms with E-state index in [-0.39, 0.29) is 10.8 Å². The summed E-state index contributed by atoms with van der Waals surface area (Å²) in [6.45, 7) is 11.6. The number of methoxy groups -OCH3 is 1. The molecule has 27 heavy (non-hydrogen) atoms. The zero-order valence-corrected chi connectivity index (χ0v) is 17.8. The molecular formula is C23H28O3S. The number of ether oxygens (including phenoxy) is 1. The van der Waals surface area contributed by atoms with Crippen LogP contribution in [0.25, 0.3) is 16.5 Å². The van der Waals surface area contributed by atoms with E-state index in [2.05, 4.69) is 34.6 Å². The van der Waals surface area contributed by atoms with Crippen molar-refractivity contribution >= 4 is 23.4 Å². The standard InChI is InChI=1S/C23H28O3S/c1-14-19-21(23(4,5)12-11-22(19,2)3)27-20(14)16-13-15(8-10-18(24)25)7-9-17(16)26-6/h7-10,13H,11-12H2,1-6H3,(H,24,25). The highest BCUT2D eigenvalue weighted by Crippen LogP contribution is 2.54. The average molecular weight is 385 g/mol. The van der Waals surface area contributed by atoms with Crippen LogP contribution in [0.5, 0.6) is 5.75 Å². The van der Waals surface area contributed by atoms with Gasteiger partial charge in [-0.15, -0.1) is 11.3 Å². The topological polar surface area (TPSA) is 46.5 Å². The molecule has 144 valence electrons. The van der Waals surface area contributed by atoms with Crippen molar-refractivity contribution in [2.45, 2.75) is 58.3 Å². The summed E-state index contributed by atoms with van der Waals surface area (Å²) in [6.07, 6.45) is 5.17. The zero-order chi connectivity index (χ0) is 20.0. The Morgan fingerprint density at radius 3 is 2.44 bits per heavy atom. The Bertz CT molecular complexity index is 916. The Kier molecular flexibility index (Phi) is 4.98. The van der Waals surface area contributed by atoms with Gasteiger partial charge >= 0.3 is 5.97 Å². The summed E-state index contributed by atoms with van der Waals surface area (Å²) in [5.74, 6) is -0.126. The summed E-state index contributed by atoms with van der Waals surface area (Å²) in [6, 6.07) is 5.84. The second kappa shape index (κ2) is 6.83. The molecule has 0 atom stereocenters. The van der Waals surface area contributed by atoms with Crippen LogP contribution in [-0.4, -0.2) is 18.2 Å². The van der Waals surface area contributed by atoms with Crippen molar-refractivity contribution in [3.05, 3.63) is 45.8 Å². The lowest BCUT2D eigenvalue weighted by atomic mass is 9.66. The van der Waals surface area contributed by atoms with Gasteiger partial charge in [0.1, 0.15) is 5.75 Å². The number of benzene rings is 1. The maximum atomic E-state index is 10.9. The van der Waals surface area contributed by atoms with Crippen LogP contribution in [0.1, 0.15) is 62.1 Å². The van der Waals surface area contributed by atoms with Gasteiger partial charge in [-0.25, -0.2) is 4.79 Å². The molecule has 3 nitrogen and oxygen atoms in total. The second-order valence-corrected chi connectivity index (χ2v) is 9.68. The summed E-state index contributed by atoms with van der Waals surface area (Å²) in [5, 5.41) is 8.92. The van der Waals surface area contributed by atoms with Crippen molar-refractivity contribution in [2.75, 3.05) is 7.11 Å². The van der Waals surface area contributed by atoms with Gasteiger partial charge in [-0.1, -0.05) is 33.8 Å². The van der Waals surface area contributed by atoms with Crippen LogP contribution in [0.2, 0.25) is 0 Å². The monoisotopic (exact) mass is 384 g/mol. The first-order chi connectivity index (χ1) is 12.6. The van der Waals surface area contributed by atoms with E-state index in [1.54, 1.807) is 13.2 Å².